The maximum atomic E-state index is 12.0. The predicted octanol–water partition coefficient (Wildman–Crippen LogP) is 3.43. The van der Waals surface area contributed by atoms with Gasteiger partial charge in [0.2, 0.25) is 5.79 Å². The van der Waals surface area contributed by atoms with E-state index in [1.165, 1.54) is 20.3 Å². The van der Waals surface area contributed by atoms with Crippen LogP contribution in [0.2, 0.25) is 0 Å². The summed E-state index contributed by atoms with van der Waals surface area (Å²) in [4.78, 5) is 23.5. The third kappa shape index (κ3) is 7.82. The van der Waals surface area contributed by atoms with Crippen LogP contribution in [0.1, 0.15) is 73.1 Å². The van der Waals surface area contributed by atoms with E-state index in [0.29, 0.717) is 24.2 Å². The molecule has 3 unspecified atom stereocenters. The van der Waals surface area contributed by atoms with Gasteiger partial charge in [-0.1, -0.05) is 27.2 Å². The van der Waals surface area contributed by atoms with Gasteiger partial charge >= 0.3 is 11.9 Å². The van der Waals surface area contributed by atoms with Gasteiger partial charge in [0.1, 0.15) is 6.10 Å². The highest BCUT2D eigenvalue weighted by molar-refractivity contribution is 5.72. The molecule has 3 atom stereocenters. The zero-order chi connectivity index (χ0) is 17.6. The van der Waals surface area contributed by atoms with Crippen LogP contribution in [0.3, 0.4) is 0 Å². The zero-order valence-electron chi connectivity index (χ0n) is 15.1. The first-order valence-corrected chi connectivity index (χ1v) is 8.72. The molecular formula is C18H32O5. The molecule has 0 spiro atoms. The minimum absolute atomic E-state index is 0.00502. The summed E-state index contributed by atoms with van der Waals surface area (Å²) in [5.41, 5.74) is 0. The smallest absolute Gasteiger partial charge is 0.308 e. The molecule has 0 aromatic rings. The second-order valence-electron chi connectivity index (χ2n) is 7.63. The van der Waals surface area contributed by atoms with Crippen LogP contribution in [0.25, 0.3) is 0 Å². The minimum Gasteiger partial charge on any atom is -0.462 e. The van der Waals surface area contributed by atoms with Gasteiger partial charge in [-0.25, -0.2) is 0 Å². The Bertz CT molecular complexity index is 397. The average molecular weight is 328 g/mol. The molecule has 5 heteroatoms. The van der Waals surface area contributed by atoms with Crippen molar-refractivity contribution < 1.29 is 24.2 Å². The number of hydrogen-bond acceptors (Lipinski definition) is 5. The molecule has 5 nitrogen and oxygen atoms in total. The number of hydrogen-bond donors (Lipinski definition) is 1. The summed E-state index contributed by atoms with van der Waals surface area (Å²) >= 11 is 0. The topological polar surface area (TPSA) is 72.8 Å². The predicted molar refractivity (Wildman–Crippen MR) is 87.5 cm³/mol. The third-order valence-electron chi connectivity index (χ3n) is 4.37. The number of carbonyl (C=O) groups excluding carboxylic acids is 2. The number of ether oxygens (including phenoxy) is 2. The number of carbonyl (C=O) groups is 2. The largest absolute Gasteiger partial charge is 0.462 e. The van der Waals surface area contributed by atoms with Crippen LogP contribution < -0.4 is 0 Å². The monoisotopic (exact) mass is 328 g/mol. The fourth-order valence-electron chi connectivity index (χ4n) is 3.18. The molecule has 1 fully saturated rings. The first-order valence-electron chi connectivity index (χ1n) is 8.72. The molecule has 23 heavy (non-hydrogen) atoms. The molecule has 1 saturated carbocycles. The van der Waals surface area contributed by atoms with Gasteiger partial charge in [-0.2, -0.15) is 0 Å². The van der Waals surface area contributed by atoms with Crippen molar-refractivity contribution in [2.75, 3.05) is 0 Å². The van der Waals surface area contributed by atoms with Crippen LogP contribution >= 0.6 is 0 Å². The Morgan fingerprint density at radius 1 is 1.17 bits per heavy atom. The van der Waals surface area contributed by atoms with Crippen molar-refractivity contribution in [1.82, 2.24) is 0 Å². The van der Waals surface area contributed by atoms with Crippen LogP contribution in [0.5, 0.6) is 0 Å². The molecule has 0 aliphatic heterocycles. The maximum absolute atomic E-state index is 12.0. The molecule has 0 heterocycles. The third-order valence-corrected chi connectivity index (χ3v) is 4.37. The Kier molecular flexibility index (Phi) is 7.52. The van der Waals surface area contributed by atoms with Gasteiger partial charge in [0.25, 0.3) is 0 Å². The quantitative estimate of drug-likeness (QED) is 0.572. The number of esters is 2. The Morgan fingerprint density at radius 2 is 1.78 bits per heavy atom. The highest BCUT2D eigenvalue weighted by Crippen LogP contribution is 2.35. The van der Waals surface area contributed by atoms with Crippen LogP contribution in [-0.4, -0.2) is 28.9 Å². The van der Waals surface area contributed by atoms with E-state index < -0.39 is 11.8 Å². The van der Waals surface area contributed by atoms with Gasteiger partial charge < -0.3 is 14.6 Å². The van der Waals surface area contributed by atoms with E-state index in [9.17, 15) is 14.7 Å². The standard InChI is InChI=1S/C18H32O5/c1-12(2)14-10-9-13(3)11-15(14)22-16(19)7-6-8-17(20)23-18(4,5)21/h12-15,21H,6-11H2,1-5H3. The second kappa shape index (κ2) is 8.67. The first-order chi connectivity index (χ1) is 10.6. The van der Waals surface area contributed by atoms with E-state index in [-0.39, 0.29) is 24.9 Å². The van der Waals surface area contributed by atoms with Gasteiger partial charge in [0.15, 0.2) is 0 Å². The summed E-state index contributed by atoms with van der Waals surface area (Å²) in [6, 6.07) is 0. The first kappa shape index (κ1) is 19.9. The highest BCUT2D eigenvalue weighted by atomic mass is 16.7. The zero-order valence-corrected chi connectivity index (χ0v) is 15.1. The molecule has 0 bridgehead atoms. The van der Waals surface area contributed by atoms with Crippen LogP contribution in [-0.2, 0) is 19.1 Å². The Labute approximate surface area is 139 Å². The Hall–Kier alpha value is -1.10. The summed E-state index contributed by atoms with van der Waals surface area (Å²) in [5, 5.41) is 9.38. The molecule has 0 saturated heterocycles. The van der Waals surface area contributed by atoms with Gasteiger partial charge in [0.05, 0.1) is 0 Å². The lowest BCUT2D eigenvalue weighted by molar-refractivity contribution is -0.194. The molecule has 1 N–H and O–H groups in total. The molecule has 1 rings (SSSR count). The van der Waals surface area contributed by atoms with Gasteiger partial charge in [-0.3, -0.25) is 9.59 Å². The van der Waals surface area contributed by atoms with E-state index in [2.05, 4.69) is 20.8 Å². The molecular weight excluding hydrogens is 296 g/mol. The van der Waals surface area contributed by atoms with Crippen molar-refractivity contribution >= 4 is 11.9 Å². The molecule has 0 radical (unpaired) electrons. The van der Waals surface area contributed by atoms with Gasteiger partial charge in [0, 0.05) is 26.7 Å². The van der Waals surface area contributed by atoms with Crippen molar-refractivity contribution in [2.45, 2.75) is 85.0 Å². The van der Waals surface area contributed by atoms with Crippen molar-refractivity contribution in [2.24, 2.45) is 17.8 Å². The van der Waals surface area contributed by atoms with E-state index in [0.717, 1.165) is 12.8 Å². The van der Waals surface area contributed by atoms with Crippen molar-refractivity contribution in [3.8, 4) is 0 Å². The lowest BCUT2D eigenvalue weighted by Crippen LogP contribution is -2.35. The average Bonchev–Trinajstić information content (AvgIpc) is 2.35. The summed E-state index contributed by atoms with van der Waals surface area (Å²) in [6.45, 7) is 9.34. The van der Waals surface area contributed by atoms with Crippen molar-refractivity contribution in [3.05, 3.63) is 0 Å². The molecule has 1 aliphatic rings. The van der Waals surface area contributed by atoms with E-state index in [1.54, 1.807) is 0 Å². The van der Waals surface area contributed by atoms with Crippen molar-refractivity contribution in [1.29, 1.82) is 0 Å². The lowest BCUT2D eigenvalue weighted by Gasteiger charge is -2.36. The SMILES string of the molecule is CC1CCC(C(C)C)C(OC(=O)CCCC(=O)OC(C)(C)O)C1. The van der Waals surface area contributed by atoms with Crippen LogP contribution in [0, 0.1) is 17.8 Å². The molecule has 0 aromatic carbocycles. The minimum atomic E-state index is -1.47. The summed E-state index contributed by atoms with van der Waals surface area (Å²) in [7, 11) is 0. The summed E-state index contributed by atoms with van der Waals surface area (Å²) < 4.78 is 10.5. The van der Waals surface area contributed by atoms with Crippen molar-refractivity contribution in [3.63, 3.8) is 0 Å². The summed E-state index contributed by atoms with van der Waals surface area (Å²) in [5.74, 6) is -0.704. The van der Waals surface area contributed by atoms with Gasteiger partial charge in [-0.15, -0.1) is 0 Å². The number of aliphatic hydroxyl groups is 1. The fourth-order valence-corrected chi connectivity index (χ4v) is 3.18. The molecule has 1 aliphatic carbocycles. The van der Waals surface area contributed by atoms with E-state index in [4.69, 9.17) is 9.47 Å². The van der Waals surface area contributed by atoms with Crippen LogP contribution in [0.15, 0.2) is 0 Å². The normalized spacial score (nSPS) is 25.3. The highest BCUT2D eigenvalue weighted by Gasteiger charge is 2.33. The lowest BCUT2D eigenvalue weighted by atomic mass is 9.75. The summed E-state index contributed by atoms with van der Waals surface area (Å²) in [6.07, 6.45) is 3.91. The molecule has 0 aromatic heterocycles. The second-order valence-corrected chi connectivity index (χ2v) is 7.63. The fraction of sp³-hybridized carbons (Fsp3) is 0.889. The Morgan fingerprint density at radius 3 is 2.35 bits per heavy atom. The van der Waals surface area contributed by atoms with Crippen LogP contribution in [0.4, 0.5) is 0 Å². The molecule has 134 valence electrons. The van der Waals surface area contributed by atoms with Gasteiger partial charge in [-0.05, 0) is 37.0 Å². The Balaban J connectivity index is 2.36. The van der Waals surface area contributed by atoms with E-state index >= 15 is 0 Å². The number of rotatable bonds is 7. The van der Waals surface area contributed by atoms with E-state index in [1.807, 2.05) is 0 Å². The molecule has 0 amide bonds. The maximum Gasteiger partial charge on any atom is 0.308 e.